The molecule has 0 saturated heterocycles. The van der Waals surface area contributed by atoms with Crippen molar-refractivity contribution in [2.75, 3.05) is 17.2 Å². The van der Waals surface area contributed by atoms with Gasteiger partial charge in [0.25, 0.3) is 0 Å². The number of halogens is 2. The van der Waals surface area contributed by atoms with Crippen LogP contribution in [0.4, 0.5) is 20.2 Å². The van der Waals surface area contributed by atoms with E-state index in [1.807, 2.05) is 18.2 Å². The number of amides is 1. The Bertz CT molecular complexity index is 1210. The third-order valence-electron chi connectivity index (χ3n) is 6.49. The second-order valence-electron chi connectivity index (χ2n) is 9.52. The smallest absolute Gasteiger partial charge is 0.228 e. The number of hydrogen-bond donors (Lipinski definition) is 3. The van der Waals surface area contributed by atoms with Crippen molar-refractivity contribution >= 4 is 17.3 Å². The van der Waals surface area contributed by atoms with E-state index >= 15 is 4.39 Å². The van der Waals surface area contributed by atoms with E-state index < -0.39 is 11.8 Å². The first-order chi connectivity index (χ1) is 17.6. The van der Waals surface area contributed by atoms with Crippen LogP contribution in [-0.4, -0.2) is 23.7 Å². The van der Waals surface area contributed by atoms with E-state index in [-0.39, 0.29) is 23.7 Å². The maximum Gasteiger partial charge on any atom is 0.228 e. The minimum atomic E-state index is -2.04. The summed E-state index contributed by atoms with van der Waals surface area (Å²) in [6.07, 6.45) is 1.50. The van der Waals surface area contributed by atoms with Crippen LogP contribution in [0.3, 0.4) is 0 Å². The molecule has 2 atom stereocenters. The zero-order chi connectivity index (χ0) is 27.0. The maximum atomic E-state index is 15.3. The fourth-order valence-electron chi connectivity index (χ4n) is 4.41. The van der Waals surface area contributed by atoms with Crippen molar-refractivity contribution in [3.63, 3.8) is 0 Å². The number of carbonyl (C=O) groups is 1. The summed E-state index contributed by atoms with van der Waals surface area (Å²) in [7, 11) is 0. The van der Waals surface area contributed by atoms with Gasteiger partial charge in [0.05, 0.1) is 12.5 Å². The molecule has 2 unspecified atom stereocenters. The lowest BCUT2D eigenvalue weighted by molar-refractivity contribution is -0.115. The number of aliphatic hydroxyl groups excluding tert-OH is 1. The van der Waals surface area contributed by atoms with E-state index in [0.29, 0.717) is 17.8 Å². The molecule has 0 fully saturated rings. The molecule has 0 heterocycles. The summed E-state index contributed by atoms with van der Waals surface area (Å²) in [6, 6.07) is 18.9. The second-order valence-corrected chi connectivity index (χ2v) is 9.52. The molecule has 0 aliphatic heterocycles. The highest BCUT2D eigenvalue weighted by Gasteiger charge is 2.38. The number of hydrogen-bond acceptors (Lipinski definition) is 3. The van der Waals surface area contributed by atoms with Crippen LogP contribution >= 0.6 is 0 Å². The van der Waals surface area contributed by atoms with Crippen molar-refractivity contribution < 1.29 is 18.7 Å². The first kappa shape index (κ1) is 28.1. The molecule has 3 aromatic rings. The Balaban J connectivity index is 1.62. The first-order valence-corrected chi connectivity index (χ1v) is 12.7. The first-order valence-electron chi connectivity index (χ1n) is 12.7. The van der Waals surface area contributed by atoms with E-state index in [0.717, 1.165) is 41.6 Å². The second kappa shape index (κ2) is 12.6. The van der Waals surface area contributed by atoms with Crippen LogP contribution < -0.4 is 10.6 Å². The third-order valence-corrected chi connectivity index (χ3v) is 6.49. The normalized spacial score (nSPS) is 13.5. The van der Waals surface area contributed by atoms with Crippen LogP contribution in [0.1, 0.15) is 49.4 Å². The van der Waals surface area contributed by atoms with Crippen molar-refractivity contribution in [2.45, 2.75) is 58.2 Å². The topological polar surface area (TPSA) is 61.4 Å². The molecule has 3 aromatic carbocycles. The SMILES string of the molecule is C=C(C)C(F)(c1ccc(CC(=O)Nc2ccc(NCCc3ccc(F)cc3)c(CCC)c2)cc1)C(C)O. The zero-order valence-electron chi connectivity index (χ0n) is 21.8. The van der Waals surface area contributed by atoms with Crippen LogP contribution in [0.15, 0.2) is 78.9 Å². The average Bonchev–Trinajstić information content (AvgIpc) is 2.86. The van der Waals surface area contributed by atoms with Crippen molar-refractivity contribution in [3.8, 4) is 0 Å². The molecular formula is C31H36F2N2O2. The Morgan fingerprint density at radius 1 is 1.03 bits per heavy atom. The Morgan fingerprint density at radius 3 is 2.27 bits per heavy atom. The highest BCUT2D eigenvalue weighted by atomic mass is 19.1. The lowest BCUT2D eigenvalue weighted by Crippen LogP contribution is -2.34. The van der Waals surface area contributed by atoms with Crippen molar-refractivity contribution in [1.29, 1.82) is 0 Å². The van der Waals surface area contributed by atoms with Crippen LogP contribution in [0, 0.1) is 5.82 Å². The number of benzene rings is 3. The third kappa shape index (κ3) is 7.26. The molecule has 3 N–H and O–H groups in total. The number of aryl methyl sites for hydroxylation is 1. The molecule has 0 spiro atoms. The molecular weight excluding hydrogens is 470 g/mol. The summed E-state index contributed by atoms with van der Waals surface area (Å²) in [6.45, 7) is 9.45. The molecule has 0 bridgehead atoms. The van der Waals surface area contributed by atoms with Crippen LogP contribution in [0.25, 0.3) is 0 Å². The molecule has 0 aromatic heterocycles. The van der Waals surface area contributed by atoms with Gasteiger partial charge in [0.2, 0.25) is 5.91 Å². The fourth-order valence-corrected chi connectivity index (χ4v) is 4.41. The van der Waals surface area contributed by atoms with Crippen molar-refractivity contribution in [1.82, 2.24) is 0 Å². The van der Waals surface area contributed by atoms with Gasteiger partial charge in [0.15, 0.2) is 5.67 Å². The van der Waals surface area contributed by atoms with Gasteiger partial charge in [0.1, 0.15) is 5.82 Å². The van der Waals surface area contributed by atoms with E-state index in [9.17, 15) is 14.3 Å². The Morgan fingerprint density at radius 2 is 1.68 bits per heavy atom. The van der Waals surface area contributed by atoms with Gasteiger partial charge in [-0.15, -0.1) is 0 Å². The van der Waals surface area contributed by atoms with E-state index in [1.165, 1.54) is 19.1 Å². The molecule has 4 nitrogen and oxygen atoms in total. The highest BCUT2D eigenvalue weighted by Crippen LogP contribution is 2.36. The largest absolute Gasteiger partial charge is 0.389 e. The molecule has 196 valence electrons. The van der Waals surface area contributed by atoms with Crippen molar-refractivity contribution in [2.24, 2.45) is 0 Å². The summed E-state index contributed by atoms with van der Waals surface area (Å²) in [5, 5.41) is 16.4. The molecule has 3 rings (SSSR count). The average molecular weight is 507 g/mol. The number of anilines is 2. The van der Waals surface area contributed by atoms with Gasteiger partial charge in [-0.2, -0.15) is 0 Å². The lowest BCUT2D eigenvalue weighted by atomic mass is 9.84. The molecule has 0 radical (unpaired) electrons. The standard InChI is InChI=1S/C31H36F2N2O2/c1-5-6-25-20-28(15-16-29(25)34-18-17-23-9-13-27(32)14-10-23)35-30(37)19-24-7-11-26(12-8-24)31(33,21(2)3)22(4)36/h7-16,20,22,34,36H,2,5-6,17-19H2,1,3-4H3,(H,35,37). The molecule has 0 saturated carbocycles. The van der Waals surface area contributed by atoms with E-state index in [2.05, 4.69) is 24.1 Å². The lowest BCUT2D eigenvalue weighted by Gasteiger charge is -2.29. The molecule has 1 amide bonds. The number of nitrogens with one attached hydrogen (secondary N) is 2. The number of aliphatic hydroxyl groups is 1. The maximum absolute atomic E-state index is 15.3. The summed E-state index contributed by atoms with van der Waals surface area (Å²) in [4.78, 5) is 12.7. The molecule has 6 heteroatoms. The van der Waals surface area contributed by atoms with Gasteiger partial charge < -0.3 is 15.7 Å². The number of rotatable bonds is 12. The predicted molar refractivity (Wildman–Crippen MR) is 147 cm³/mol. The number of alkyl halides is 1. The van der Waals surface area contributed by atoms with Gasteiger partial charge in [0, 0.05) is 17.9 Å². The Hall–Kier alpha value is -3.51. The van der Waals surface area contributed by atoms with Gasteiger partial charge in [-0.25, -0.2) is 8.78 Å². The summed E-state index contributed by atoms with van der Waals surface area (Å²) >= 11 is 0. The van der Waals surface area contributed by atoms with Gasteiger partial charge in [-0.05, 0) is 84.8 Å². The minimum Gasteiger partial charge on any atom is -0.389 e. The number of carbonyl (C=O) groups excluding carboxylic acids is 1. The van der Waals surface area contributed by atoms with E-state index in [4.69, 9.17) is 0 Å². The zero-order valence-corrected chi connectivity index (χ0v) is 21.8. The van der Waals surface area contributed by atoms with Crippen LogP contribution in [0.2, 0.25) is 0 Å². The summed E-state index contributed by atoms with van der Waals surface area (Å²) in [5.74, 6) is -0.411. The predicted octanol–water partition coefficient (Wildman–Crippen LogP) is 6.74. The molecule has 37 heavy (non-hydrogen) atoms. The summed E-state index contributed by atoms with van der Waals surface area (Å²) in [5.41, 5.74) is 3.15. The van der Waals surface area contributed by atoms with E-state index in [1.54, 1.807) is 43.3 Å². The summed E-state index contributed by atoms with van der Waals surface area (Å²) < 4.78 is 28.4. The van der Waals surface area contributed by atoms with Gasteiger partial charge in [-0.1, -0.05) is 56.3 Å². The Kier molecular flexibility index (Phi) is 9.59. The van der Waals surface area contributed by atoms with Crippen LogP contribution in [-0.2, 0) is 29.7 Å². The van der Waals surface area contributed by atoms with Gasteiger partial charge >= 0.3 is 0 Å². The Labute approximate surface area is 218 Å². The van der Waals surface area contributed by atoms with Crippen LogP contribution in [0.5, 0.6) is 0 Å². The quantitative estimate of drug-likeness (QED) is 0.239. The van der Waals surface area contributed by atoms with Gasteiger partial charge in [-0.3, -0.25) is 4.79 Å². The fraction of sp³-hybridized carbons (Fsp3) is 0.323. The molecule has 0 aliphatic rings. The van der Waals surface area contributed by atoms with Crippen molar-refractivity contribution in [3.05, 3.63) is 107 Å². The highest BCUT2D eigenvalue weighted by molar-refractivity contribution is 5.92. The molecule has 0 aliphatic carbocycles. The monoisotopic (exact) mass is 506 g/mol. The minimum absolute atomic E-state index is 0.141.